The zero-order valence-electron chi connectivity index (χ0n) is 7.86. The van der Waals surface area contributed by atoms with Gasteiger partial charge in [0.05, 0.1) is 9.16 Å². The van der Waals surface area contributed by atoms with Gasteiger partial charge >= 0.3 is 0 Å². The van der Waals surface area contributed by atoms with Crippen molar-refractivity contribution >= 4 is 38.9 Å². The molecule has 2 aromatic rings. The van der Waals surface area contributed by atoms with Crippen LogP contribution < -0.4 is 0 Å². The van der Waals surface area contributed by atoms with Gasteiger partial charge in [-0.05, 0) is 36.2 Å². The van der Waals surface area contributed by atoms with Crippen molar-refractivity contribution in [2.24, 2.45) is 0 Å². The fraction of sp³-hybridized carbons (Fsp3) is 0.182. The average Bonchev–Trinajstić information content (AvgIpc) is 2.66. The van der Waals surface area contributed by atoms with E-state index in [9.17, 15) is 0 Å². The number of hydrogen-bond acceptors (Lipinski definition) is 2. The van der Waals surface area contributed by atoms with Gasteiger partial charge in [0.2, 0.25) is 0 Å². The lowest BCUT2D eigenvalue weighted by molar-refractivity contribution is 0.964. The van der Waals surface area contributed by atoms with E-state index >= 15 is 0 Å². The normalized spacial score (nSPS) is 12.7. The minimum atomic E-state index is 0.331. The van der Waals surface area contributed by atoms with Gasteiger partial charge < -0.3 is 0 Å². The van der Waals surface area contributed by atoms with E-state index in [1.165, 1.54) is 10.4 Å². The van der Waals surface area contributed by atoms with Gasteiger partial charge in [-0.25, -0.2) is 0 Å². The highest BCUT2D eigenvalue weighted by Crippen LogP contribution is 2.34. The van der Waals surface area contributed by atoms with E-state index in [1.807, 2.05) is 30.6 Å². The van der Waals surface area contributed by atoms with Crippen LogP contribution in [0.4, 0.5) is 0 Å². The van der Waals surface area contributed by atoms with Gasteiger partial charge in [0.1, 0.15) is 0 Å². The fourth-order valence-electron chi connectivity index (χ4n) is 1.32. The maximum atomic E-state index is 5.90. The highest BCUT2D eigenvalue weighted by Gasteiger charge is 2.10. The Labute approximate surface area is 106 Å². The molecule has 4 heteroatoms. The molecule has 0 fully saturated rings. The van der Waals surface area contributed by atoms with Crippen molar-refractivity contribution in [1.29, 1.82) is 0 Å². The van der Waals surface area contributed by atoms with E-state index in [0.717, 1.165) is 10.8 Å². The minimum absolute atomic E-state index is 0.331. The molecule has 0 aliphatic carbocycles. The van der Waals surface area contributed by atoms with Crippen LogP contribution in [0.5, 0.6) is 0 Å². The summed E-state index contributed by atoms with van der Waals surface area (Å²) in [5.41, 5.74) is 1.27. The third-order valence-electron chi connectivity index (χ3n) is 2.07. The number of pyridine rings is 1. The summed E-state index contributed by atoms with van der Waals surface area (Å²) < 4.78 is 0.837. The second-order valence-corrected chi connectivity index (χ2v) is 6.02. The maximum absolute atomic E-state index is 5.90. The van der Waals surface area contributed by atoms with Crippen LogP contribution in [0.3, 0.4) is 0 Å². The molecule has 0 aliphatic rings. The van der Waals surface area contributed by atoms with Gasteiger partial charge in [-0.15, -0.1) is 11.3 Å². The summed E-state index contributed by atoms with van der Waals surface area (Å²) in [7, 11) is 0. The molecule has 1 atom stereocenters. The summed E-state index contributed by atoms with van der Waals surface area (Å²) in [5, 5.41) is 0. The molecule has 2 aromatic heterocycles. The van der Waals surface area contributed by atoms with Crippen LogP contribution in [-0.2, 0) is 6.42 Å². The number of alkyl halides is 1. The van der Waals surface area contributed by atoms with Crippen LogP contribution in [0.1, 0.15) is 15.3 Å². The van der Waals surface area contributed by atoms with Crippen LogP contribution in [0.25, 0.3) is 0 Å². The predicted octanol–water partition coefficient (Wildman–Crippen LogP) is 4.48. The SMILES string of the molecule is Clc1ccc(C(Br)Cc2ccncc2)s1. The van der Waals surface area contributed by atoms with Crippen LogP contribution in [0.2, 0.25) is 4.34 Å². The van der Waals surface area contributed by atoms with Crippen LogP contribution in [0, 0.1) is 0 Å². The Balaban J connectivity index is 2.07. The van der Waals surface area contributed by atoms with Crippen molar-refractivity contribution in [3.05, 3.63) is 51.4 Å². The lowest BCUT2D eigenvalue weighted by Gasteiger charge is -2.06. The van der Waals surface area contributed by atoms with Crippen molar-refractivity contribution in [2.45, 2.75) is 11.2 Å². The Bertz CT molecular complexity index is 429. The Kier molecular flexibility index (Phi) is 3.78. The van der Waals surface area contributed by atoms with Crippen LogP contribution in [-0.4, -0.2) is 4.98 Å². The van der Waals surface area contributed by atoms with Crippen molar-refractivity contribution in [3.8, 4) is 0 Å². The lowest BCUT2D eigenvalue weighted by Crippen LogP contribution is -1.92. The first-order valence-electron chi connectivity index (χ1n) is 4.54. The number of thiophene rings is 1. The summed E-state index contributed by atoms with van der Waals surface area (Å²) in [6.45, 7) is 0. The molecule has 0 bridgehead atoms. The van der Waals surface area contributed by atoms with E-state index in [4.69, 9.17) is 11.6 Å². The van der Waals surface area contributed by atoms with E-state index < -0.39 is 0 Å². The number of nitrogens with zero attached hydrogens (tertiary/aromatic N) is 1. The van der Waals surface area contributed by atoms with Crippen molar-refractivity contribution in [3.63, 3.8) is 0 Å². The smallest absolute Gasteiger partial charge is 0.0931 e. The Morgan fingerprint density at radius 1 is 1.27 bits per heavy atom. The molecular weight excluding hydrogens is 294 g/mol. The minimum Gasteiger partial charge on any atom is -0.265 e. The highest BCUT2D eigenvalue weighted by molar-refractivity contribution is 9.09. The molecule has 0 aromatic carbocycles. The van der Waals surface area contributed by atoms with Gasteiger partial charge in [0, 0.05) is 17.3 Å². The molecule has 0 saturated carbocycles. The van der Waals surface area contributed by atoms with E-state index in [0.29, 0.717) is 4.83 Å². The first-order valence-corrected chi connectivity index (χ1v) is 6.65. The fourth-order valence-corrected chi connectivity index (χ4v) is 3.17. The summed E-state index contributed by atoms with van der Waals surface area (Å²) in [6.07, 6.45) is 4.59. The Morgan fingerprint density at radius 2 is 2.00 bits per heavy atom. The van der Waals surface area contributed by atoms with Gasteiger partial charge in [0.25, 0.3) is 0 Å². The lowest BCUT2D eigenvalue weighted by atomic mass is 10.1. The summed E-state index contributed by atoms with van der Waals surface area (Å²) in [4.78, 5) is 5.59. The third-order valence-corrected chi connectivity index (χ3v) is 4.53. The molecule has 15 heavy (non-hydrogen) atoms. The molecule has 2 rings (SSSR count). The maximum Gasteiger partial charge on any atom is 0.0931 e. The molecule has 0 amide bonds. The quantitative estimate of drug-likeness (QED) is 0.762. The van der Waals surface area contributed by atoms with Gasteiger partial charge in [-0.3, -0.25) is 4.98 Å². The first-order chi connectivity index (χ1) is 7.25. The van der Waals surface area contributed by atoms with Crippen molar-refractivity contribution in [2.75, 3.05) is 0 Å². The summed E-state index contributed by atoms with van der Waals surface area (Å²) in [6, 6.07) is 8.06. The summed E-state index contributed by atoms with van der Waals surface area (Å²) in [5.74, 6) is 0. The molecule has 0 radical (unpaired) electrons. The van der Waals surface area contributed by atoms with Crippen molar-refractivity contribution in [1.82, 2.24) is 4.98 Å². The second kappa shape index (κ2) is 5.10. The molecule has 0 aliphatic heterocycles. The number of rotatable bonds is 3. The van der Waals surface area contributed by atoms with Crippen LogP contribution >= 0.6 is 38.9 Å². The Hall–Kier alpha value is -0.380. The highest BCUT2D eigenvalue weighted by atomic mass is 79.9. The van der Waals surface area contributed by atoms with Crippen LogP contribution in [0.15, 0.2) is 36.7 Å². The monoisotopic (exact) mass is 301 g/mol. The topological polar surface area (TPSA) is 12.9 Å². The predicted molar refractivity (Wildman–Crippen MR) is 68.9 cm³/mol. The molecule has 2 heterocycles. The van der Waals surface area contributed by atoms with Gasteiger partial charge in [0.15, 0.2) is 0 Å². The number of aromatic nitrogens is 1. The zero-order chi connectivity index (χ0) is 10.7. The zero-order valence-corrected chi connectivity index (χ0v) is 11.0. The third kappa shape index (κ3) is 3.03. The first kappa shape index (κ1) is 11.1. The van der Waals surface area contributed by atoms with E-state index in [2.05, 4.69) is 27.0 Å². The largest absolute Gasteiger partial charge is 0.265 e. The molecule has 0 saturated heterocycles. The number of halogens is 2. The molecule has 0 N–H and O–H groups in total. The van der Waals surface area contributed by atoms with E-state index in [-0.39, 0.29) is 0 Å². The molecule has 1 unspecified atom stereocenters. The molecular formula is C11H9BrClNS. The molecule has 78 valence electrons. The standard InChI is InChI=1S/C11H9BrClNS/c12-9(10-1-2-11(13)15-10)7-8-3-5-14-6-4-8/h1-6,9H,7H2. The Morgan fingerprint density at radius 3 is 2.60 bits per heavy atom. The van der Waals surface area contributed by atoms with Gasteiger partial charge in [-0.1, -0.05) is 27.5 Å². The molecule has 1 nitrogen and oxygen atoms in total. The van der Waals surface area contributed by atoms with Gasteiger partial charge in [-0.2, -0.15) is 0 Å². The van der Waals surface area contributed by atoms with Crippen molar-refractivity contribution < 1.29 is 0 Å². The molecule has 0 spiro atoms. The number of hydrogen-bond donors (Lipinski definition) is 0. The van der Waals surface area contributed by atoms with E-state index in [1.54, 1.807) is 11.3 Å². The summed E-state index contributed by atoms with van der Waals surface area (Å²) >= 11 is 11.2. The average molecular weight is 303 g/mol. The second-order valence-electron chi connectivity index (χ2n) is 3.17.